The van der Waals surface area contributed by atoms with Crippen LogP contribution in [-0.4, -0.2) is 58.5 Å². The Hall–Kier alpha value is -3.00. The van der Waals surface area contributed by atoms with E-state index in [0.717, 1.165) is 30.5 Å². The summed E-state index contributed by atoms with van der Waals surface area (Å²) in [6.45, 7) is 3.64. The van der Waals surface area contributed by atoms with Crippen LogP contribution in [0.3, 0.4) is 0 Å². The molecule has 4 rings (SSSR count). The lowest BCUT2D eigenvalue weighted by Gasteiger charge is -2.24. The molecule has 1 heterocycles. The molecule has 0 saturated carbocycles. The smallest absolute Gasteiger partial charge is 0.306 e. The summed E-state index contributed by atoms with van der Waals surface area (Å²) >= 11 is 0. The van der Waals surface area contributed by atoms with Gasteiger partial charge in [0.05, 0.1) is 12.8 Å². The number of rotatable bonds is 7. The average Bonchev–Trinajstić information content (AvgIpc) is 2.84. The molecule has 1 N–H and O–H groups in total. The van der Waals surface area contributed by atoms with Gasteiger partial charge in [-0.3, -0.25) is 18.8 Å². The topological polar surface area (TPSA) is 88.1 Å². The maximum absolute atomic E-state index is 12.8. The van der Waals surface area contributed by atoms with Crippen LogP contribution in [0.25, 0.3) is 0 Å². The van der Waals surface area contributed by atoms with Gasteiger partial charge in [-0.1, -0.05) is 18.2 Å². The van der Waals surface area contributed by atoms with E-state index in [0.29, 0.717) is 43.2 Å². The summed E-state index contributed by atoms with van der Waals surface area (Å²) in [7, 11) is -0.719. The predicted octanol–water partition coefficient (Wildman–Crippen LogP) is 3.40. The Labute approximate surface area is 203 Å². The molecular formula is C26H31N3O4S. The molecule has 1 aliphatic heterocycles. The Morgan fingerprint density at radius 3 is 2.65 bits per heavy atom. The molecule has 1 saturated heterocycles. The Morgan fingerprint density at radius 1 is 1.15 bits per heavy atom. The quantitative estimate of drug-likeness (QED) is 0.484. The maximum atomic E-state index is 12.8. The van der Waals surface area contributed by atoms with Gasteiger partial charge in [0.2, 0.25) is 0 Å². The standard InChI is InChI=1S/C26H31N3O4S/c1-2-33-25(30)16-20-5-6-21-9-10-24(17-23(21)15-20)28-26(31)22-7-3-19(4-8-22)18-27-29-11-13-34(32)14-12-29/h3-4,7-10,17-18,20H,2,5-6,11-16H2,1H3,(H,28,31). The molecule has 7 nitrogen and oxygen atoms in total. The van der Waals surface area contributed by atoms with Crippen LogP contribution in [-0.2, 0) is 33.2 Å². The third-order valence-corrected chi connectivity index (χ3v) is 7.53. The van der Waals surface area contributed by atoms with Gasteiger partial charge in [0.25, 0.3) is 5.91 Å². The molecular weight excluding hydrogens is 450 g/mol. The molecule has 2 aromatic rings. The average molecular weight is 482 g/mol. The lowest BCUT2D eigenvalue weighted by Crippen LogP contribution is -2.34. The zero-order valence-electron chi connectivity index (χ0n) is 19.5. The van der Waals surface area contributed by atoms with Gasteiger partial charge in [0.1, 0.15) is 0 Å². The van der Waals surface area contributed by atoms with Gasteiger partial charge in [-0.15, -0.1) is 0 Å². The summed E-state index contributed by atoms with van der Waals surface area (Å²) in [5, 5.41) is 9.37. The first-order chi connectivity index (χ1) is 16.5. The maximum Gasteiger partial charge on any atom is 0.306 e. The second-order valence-electron chi connectivity index (χ2n) is 8.72. The first kappa shape index (κ1) is 24.1. The highest BCUT2D eigenvalue weighted by Gasteiger charge is 2.22. The molecule has 0 radical (unpaired) electrons. The number of nitrogens with one attached hydrogen (secondary N) is 1. The number of hydrogen-bond donors (Lipinski definition) is 1. The molecule has 2 aliphatic rings. The summed E-state index contributed by atoms with van der Waals surface area (Å²) in [5.41, 5.74) is 4.70. The van der Waals surface area contributed by atoms with Crippen molar-refractivity contribution in [2.75, 3.05) is 36.5 Å². The van der Waals surface area contributed by atoms with E-state index in [9.17, 15) is 13.8 Å². The predicted molar refractivity (Wildman–Crippen MR) is 135 cm³/mol. The van der Waals surface area contributed by atoms with Crippen LogP contribution in [0.4, 0.5) is 5.69 Å². The third-order valence-electron chi connectivity index (χ3n) is 6.25. The molecule has 180 valence electrons. The Balaban J connectivity index is 1.34. The van der Waals surface area contributed by atoms with Crippen molar-refractivity contribution in [1.29, 1.82) is 0 Å². The van der Waals surface area contributed by atoms with Crippen molar-refractivity contribution in [3.8, 4) is 0 Å². The SMILES string of the molecule is CCOC(=O)CC1CCc2ccc(NC(=O)c3ccc(C=NN4CCS(=O)CC4)cc3)cc2C1. The van der Waals surface area contributed by atoms with Crippen molar-refractivity contribution in [2.24, 2.45) is 11.0 Å². The van der Waals surface area contributed by atoms with E-state index in [1.165, 1.54) is 11.1 Å². The molecule has 1 aliphatic carbocycles. The minimum atomic E-state index is -0.719. The molecule has 0 spiro atoms. The Kier molecular flexibility index (Phi) is 8.11. The zero-order valence-corrected chi connectivity index (χ0v) is 20.3. The van der Waals surface area contributed by atoms with Crippen LogP contribution in [0.1, 0.15) is 46.8 Å². The van der Waals surface area contributed by atoms with Gasteiger partial charge in [-0.2, -0.15) is 5.10 Å². The van der Waals surface area contributed by atoms with Crippen molar-refractivity contribution in [1.82, 2.24) is 5.01 Å². The van der Waals surface area contributed by atoms with Gasteiger partial charge in [0, 0.05) is 53.1 Å². The largest absolute Gasteiger partial charge is 0.466 e. The number of aryl methyl sites for hydroxylation is 1. The first-order valence-corrected chi connectivity index (χ1v) is 13.3. The molecule has 0 bridgehead atoms. The molecule has 8 heteroatoms. The lowest BCUT2D eigenvalue weighted by molar-refractivity contribution is -0.144. The number of benzene rings is 2. The van der Waals surface area contributed by atoms with Crippen molar-refractivity contribution >= 4 is 34.6 Å². The van der Waals surface area contributed by atoms with Crippen LogP contribution in [0.2, 0.25) is 0 Å². The number of anilines is 1. The summed E-state index contributed by atoms with van der Waals surface area (Å²) in [5.74, 6) is 1.29. The number of fused-ring (bicyclic) bond motifs is 1. The van der Waals surface area contributed by atoms with Crippen LogP contribution >= 0.6 is 0 Å². The highest BCUT2D eigenvalue weighted by molar-refractivity contribution is 7.85. The number of carbonyl (C=O) groups is 2. The van der Waals surface area contributed by atoms with Crippen molar-refractivity contribution < 1.29 is 18.5 Å². The summed E-state index contributed by atoms with van der Waals surface area (Å²) in [6, 6.07) is 13.3. The van der Waals surface area contributed by atoms with Crippen LogP contribution in [0, 0.1) is 5.92 Å². The number of amides is 1. The van der Waals surface area contributed by atoms with Gasteiger partial charge in [-0.25, -0.2) is 0 Å². The monoisotopic (exact) mass is 481 g/mol. The summed E-state index contributed by atoms with van der Waals surface area (Å²) in [4.78, 5) is 24.6. The highest BCUT2D eigenvalue weighted by atomic mass is 32.2. The van der Waals surface area contributed by atoms with Crippen LogP contribution in [0.15, 0.2) is 47.6 Å². The normalized spacial score (nSPS) is 18.5. The number of carbonyl (C=O) groups excluding carboxylic acids is 2. The zero-order chi connectivity index (χ0) is 23.9. The van der Waals surface area contributed by atoms with Crippen molar-refractivity contribution in [3.05, 3.63) is 64.7 Å². The number of hydrazone groups is 1. The highest BCUT2D eigenvalue weighted by Crippen LogP contribution is 2.30. The van der Waals surface area contributed by atoms with E-state index < -0.39 is 10.8 Å². The molecule has 1 atom stereocenters. The van der Waals surface area contributed by atoms with Gasteiger partial charge in [0.15, 0.2) is 0 Å². The lowest BCUT2D eigenvalue weighted by atomic mass is 9.82. The van der Waals surface area contributed by atoms with E-state index in [4.69, 9.17) is 4.74 Å². The third kappa shape index (κ3) is 6.53. The molecule has 1 amide bonds. The number of nitrogens with zero attached hydrogens (tertiary/aromatic N) is 2. The Morgan fingerprint density at radius 2 is 1.91 bits per heavy atom. The summed E-state index contributed by atoms with van der Waals surface area (Å²) < 4.78 is 16.5. The van der Waals surface area contributed by atoms with Crippen molar-refractivity contribution in [3.63, 3.8) is 0 Å². The van der Waals surface area contributed by atoms with Gasteiger partial charge < -0.3 is 10.1 Å². The van der Waals surface area contributed by atoms with Crippen LogP contribution in [0.5, 0.6) is 0 Å². The second-order valence-corrected chi connectivity index (χ2v) is 10.4. The van der Waals surface area contributed by atoms with E-state index >= 15 is 0 Å². The molecule has 1 unspecified atom stereocenters. The second kappa shape index (κ2) is 11.4. The number of ether oxygens (including phenoxy) is 1. The molecule has 2 aromatic carbocycles. The number of hydrogen-bond acceptors (Lipinski definition) is 6. The van der Waals surface area contributed by atoms with E-state index in [-0.39, 0.29) is 17.8 Å². The Bertz CT molecular complexity index is 1070. The fraction of sp³-hybridized carbons (Fsp3) is 0.423. The van der Waals surface area contributed by atoms with E-state index in [1.807, 2.05) is 36.2 Å². The minimum Gasteiger partial charge on any atom is -0.466 e. The van der Waals surface area contributed by atoms with Gasteiger partial charge in [-0.05, 0) is 73.1 Å². The van der Waals surface area contributed by atoms with Crippen molar-refractivity contribution in [2.45, 2.75) is 32.6 Å². The molecule has 1 fully saturated rings. The minimum absolute atomic E-state index is 0.138. The number of esters is 1. The molecule has 0 aromatic heterocycles. The first-order valence-electron chi connectivity index (χ1n) is 11.8. The fourth-order valence-electron chi connectivity index (χ4n) is 4.36. The fourth-order valence-corrected chi connectivity index (χ4v) is 5.39. The van der Waals surface area contributed by atoms with E-state index in [2.05, 4.69) is 16.5 Å². The van der Waals surface area contributed by atoms with Gasteiger partial charge >= 0.3 is 5.97 Å². The molecule has 34 heavy (non-hydrogen) atoms. The van der Waals surface area contributed by atoms with E-state index in [1.54, 1.807) is 18.3 Å². The summed E-state index contributed by atoms with van der Waals surface area (Å²) in [6.07, 6.45) is 4.94. The van der Waals surface area contributed by atoms with Crippen LogP contribution < -0.4 is 5.32 Å².